The van der Waals surface area contributed by atoms with E-state index in [2.05, 4.69) is 26.1 Å². The number of nitrogens with one attached hydrogen (secondary N) is 1. The van der Waals surface area contributed by atoms with E-state index in [0.717, 1.165) is 19.4 Å². The van der Waals surface area contributed by atoms with Crippen molar-refractivity contribution < 1.29 is 14.7 Å². The quantitative estimate of drug-likeness (QED) is 0.814. The molecule has 0 aliphatic carbocycles. The van der Waals surface area contributed by atoms with Gasteiger partial charge in [0.05, 0.1) is 6.54 Å². The molecule has 1 aliphatic heterocycles. The number of amides is 1. The van der Waals surface area contributed by atoms with Crippen LogP contribution in [-0.2, 0) is 9.59 Å². The highest BCUT2D eigenvalue weighted by Crippen LogP contribution is 2.30. The third-order valence-electron chi connectivity index (χ3n) is 3.74. The summed E-state index contributed by atoms with van der Waals surface area (Å²) in [6.07, 6.45) is 1.98. The standard InChI is InChI=1S/C16H30N2O3/c1-11(2)15(21)17-13-6-12(7-16(3,4)5)8-18(9-13)10-14(19)20/h11-13H,6-10H2,1-5H3,(H,17,21)(H,19,20). The molecule has 21 heavy (non-hydrogen) atoms. The van der Waals surface area contributed by atoms with Crippen LogP contribution in [0, 0.1) is 17.3 Å². The normalized spacial score (nSPS) is 24.1. The van der Waals surface area contributed by atoms with Crippen molar-refractivity contribution in [1.29, 1.82) is 0 Å². The van der Waals surface area contributed by atoms with E-state index in [1.807, 2.05) is 18.7 Å². The summed E-state index contributed by atoms with van der Waals surface area (Å²) in [5.74, 6) is -0.372. The first kappa shape index (κ1) is 18.0. The Morgan fingerprint density at radius 1 is 1.29 bits per heavy atom. The molecule has 1 fully saturated rings. The van der Waals surface area contributed by atoms with Crippen molar-refractivity contribution in [3.8, 4) is 0 Å². The van der Waals surface area contributed by atoms with Gasteiger partial charge in [-0.2, -0.15) is 0 Å². The van der Waals surface area contributed by atoms with Crippen LogP contribution >= 0.6 is 0 Å². The lowest BCUT2D eigenvalue weighted by atomic mass is 9.80. The van der Waals surface area contributed by atoms with Crippen molar-refractivity contribution in [2.75, 3.05) is 19.6 Å². The first-order valence-electron chi connectivity index (χ1n) is 7.81. The zero-order chi connectivity index (χ0) is 16.2. The molecule has 2 N–H and O–H groups in total. The number of piperidine rings is 1. The number of nitrogens with zero attached hydrogens (tertiary/aromatic N) is 1. The Morgan fingerprint density at radius 3 is 2.38 bits per heavy atom. The largest absolute Gasteiger partial charge is 0.480 e. The maximum absolute atomic E-state index is 11.9. The van der Waals surface area contributed by atoms with Gasteiger partial charge in [0, 0.05) is 25.0 Å². The van der Waals surface area contributed by atoms with Crippen molar-refractivity contribution in [3.63, 3.8) is 0 Å². The van der Waals surface area contributed by atoms with Crippen molar-refractivity contribution in [2.24, 2.45) is 17.3 Å². The van der Waals surface area contributed by atoms with Gasteiger partial charge in [0.2, 0.25) is 5.91 Å². The van der Waals surface area contributed by atoms with Gasteiger partial charge in [-0.3, -0.25) is 14.5 Å². The Hall–Kier alpha value is -1.10. The maximum atomic E-state index is 11.9. The zero-order valence-corrected chi connectivity index (χ0v) is 14.0. The van der Waals surface area contributed by atoms with Gasteiger partial charge in [-0.25, -0.2) is 0 Å². The summed E-state index contributed by atoms with van der Waals surface area (Å²) < 4.78 is 0. The first-order chi connectivity index (χ1) is 9.56. The molecule has 5 heteroatoms. The molecule has 0 radical (unpaired) electrons. The Morgan fingerprint density at radius 2 is 1.90 bits per heavy atom. The van der Waals surface area contributed by atoms with Crippen molar-refractivity contribution in [1.82, 2.24) is 10.2 Å². The van der Waals surface area contributed by atoms with Gasteiger partial charge in [0.15, 0.2) is 0 Å². The highest BCUT2D eigenvalue weighted by atomic mass is 16.4. The Bertz CT molecular complexity index is 374. The minimum atomic E-state index is -0.805. The number of carboxylic acids is 1. The molecule has 2 atom stereocenters. The molecule has 122 valence electrons. The number of hydrogen-bond acceptors (Lipinski definition) is 3. The summed E-state index contributed by atoms with van der Waals surface area (Å²) in [7, 11) is 0. The van der Waals surface area contributed by atoms with Crippen molar-refractivity contribution in [3.05, 3.63) is 0 Å². The third-order valence-corrected chi connectivity index (χ3v) is 3.74. The number of rotatable bonds is 5. The molecule has 1 amide bonds. The highest BCUT2D eigenvalue weighted by molar-refractivity contribution is 5.78. The molecule has 1 rings (SSSR count). The lowest BCUT2D eigenvalue weighted by Crippen LogP contribution is -2.53. The zero-order valence-electron chi connectivity index (χ0n) is 14.0. The average Bonchev–Trinajstić information content (AvgIpc) is 2.24. The van der Waals surface area contributed by atoms with Gasteiger partial charge >= 0.3 is 5.97 Å². The number of carbonyl (C=O) groups is 2. The maximum Gasteiger partial charge on any atom is 0.317 e. The third kappa shape index (κ3) is 6.93. The predicted octanol–water partition coefficient (Wildman–Crippen LogP) is 1.97. The van der Waals surface area contributed by atoms with Crippen LogP contribution in [0.2, 0.25) is 0 Å². The van der Waals surface area contributed by atoms with Gasteiger partial charge in [-0.1, -0.05) is 34.6 Å². The predicted molar refractivity (Wildman–Crippen MR) is 83.0 cm³/mol. The van der Waals surface area contributed by atoms with Crippen molar-refractivity contribution in [2.45, 2.75) is 53.5 Å². The molecule has 0 aromatic rings. The second-order valence-electron chi connectivity index (χ2n) is 7.81. The molecule has 0 aromatic carbocycles. The van der Waals surface area contributed by atoms with E-state index in [4.69, 9.17) is 5.11 Å². The van der Waals surface area contributed by atoms with E-state index >= 15 is 0 Å². The van der Waals surface area contributed by atoms with Crippen LogP contribution < -0.4 is 5.32 Å². The average molecular weight is 298 g/mol. The highest BCUT2D eigenvalue weighted by Gasteiger charge is 2.31. The molecule has 0 spiro atoms. The van der Waals surface area contributed by atoms with Crippen LogP contribution in [0.25, 0.3) is 0 Å². The van der Waals surface area contributed by atoms with Gasteiger partial charge in [-0.05, 0) is 24.2 Å². The number of carbonyl (C=O) groups excluding carboxylic acids is 1. The molecule has 0 aromatic heterocycles. The lowest BCUT2D eigenvalue weighted by molar-refractivity contribution is -0.138. The first-order valence-corrected chi connectivity index (χ1v) is 7.81. The van der Waals surface area contributed by atoms with Crippen LogP contribution in [0.4, 0.5) is 0 Å². The van der Waals surface area contributed by atoms with Gasteiger partial charge in [-0.15, -0.1) is 0 Å². The Labute approximate surface area is 128 Å². The van der Waals surface area contributed by atoms with Crippen LogP contribution in [0.5, 0.6) is 0 Å². The van der Waals surface area contributed by atoms with E-state index in [1.54, 1.807) is 0 Å². The van der Waals surface area contributed by atoms with Gasteiger partial charge < -0.3 is 10.4 Å². The summed E-state index contributed by atoms with van der Waals surface area (Å²) in [4.78, 5) is 24.8. The van der Waals surface area contributed by atoms with Gasteiger partial charge in [0.1, 0.15) is 0 Å². The molecule has 0 bridgehead atoms. The second kappa shape index (κ2) is 7.25. The fourth-order valence-corrected chi connectivity index (χ4v) is 3.11. The van der Waals surface area contributed by atoms with Crippen LogP contribution in [-0.4, -0.2) is 47.6 Å². The van der Waals surface area contributed by atoms with E-state index in [0.29, 0.717) is 12.5 Å². The molecule has 1 aliphatic rings. The molecule has 1 saturated heterocycles. The Balaban J connectivity index is 2.69. The van der Waals surface area contributed by atoms with E-state index in [1.165, 1.54) is 0 Å². The molecule has 0 saturated carbocycles. The lowest BCUT2D eigenvalue weighted by Gasteiger charge is -2.39. The molecule has 1 heterocycles. The monoisotopic (exact) mass is 298 g/mol. The van der Waals surface area contributed by atoms with E-state index in [-0.39, 0.29) is 29.8 Å². The summed E-state index contributed by atoms with van der Waals surface area (Å²) in [5.41, 5.74) is 0.212. The fraction of sp³-hybridized carbons (Fsp3) is 0.875. The number of likely N-dealkylation sites (tertiary alicyclic amines) is 1. The minimum Gasteiger partial charge on any atom is -0.480 e. The van der Waals surface area contributed by atoms with E-state index < -0.39 is 5.97 Å². The second-order valence-corrected chi connectivity index (χ2v) is 7.81. The van der Waals surface area contributed by atoms with Crippen molar-refractivity contribution >= 4 is 11.9 Å². The smallest absolute Gasteiger partial charge is 0.317 e. The Kier molecular flexibility index (Phi) is 6.20. The number of aliphatic carboxylic acids is 1. The summed E-state index contributed by atoms with van der Waals surface area (Å²) >= 11 is 0. The molecule has 2 unspecified atom stereocenters. The molecule has 5 nitrogen and oxygen atoms in total. The summed E-state index contributed by atoms with van der Waals surface area (Å²) in [6.45, 7) is 11.8. The van der Waals surface area contributed by atoms with Gasteiger partial charge in [0.25, 0.3) is 0 Å². The topological polar surface area (TPSA) is 69.6 Å². The SMILES string of the molecule is CC(C)C(=O)NC1CC(CC(C)(C)C)CN(CC(=O)O)C1. The van der Waals surface area contributed by atoms with Crippen LogP contribution in [0.3, 0.4) is 0 Å². The molecular formula is C16H30N2O3. The van der Waals surface area contributed by atoms with Crippen LogP contribution in [0.15, 0.2) is 0 Å². The fourth-order valence-electron chi connectivity index (χ4n) is 3.11. The summed E-state index contributed by atoms with van der Waals surface area (Å²) in [5, 5.41) is 12.1. The van der Waals surface area contributed by atoms with E-state index in [9.17, 15) is 9.59 Å². The molecular weight excluding hydrogens is 268 g/mol. The number of carboxylic acid groups (broad SMARTS) is 1. The summed E-state index contributed by atoms with van der Waals surface area (Å²) in [6, 6.07) is 0.0559. The minimum absolute atomic E-state index is 0.0408. The van der Waals surface area contributed by atoms with Crippen LogP contribution in [0.1, 0.15) is 47.5 Å². The number of hydrogen-bond donors (Lipinski definition) is 2.